The van der Waals surface area contributed by atoms with Crippen molar-refractivity contribution in [1.29, 1.82) is 0 Å². The van der Waals surface area contributed by atoms with Crippen LogP contribution in [0, 0.1) is 5.41 Å². The summed E-state index contributed by atoms with van der Waals surface area (Å²) in [5, 5.41) is 11.4. The minimum absolute atomic E-state index is 0.0111. The van der Waals surface area contributed by atoms with Gasteiger partial charge in [-0.05, 0) is 74.5 Å². The first-order chi connectivity index (χ1) is 16.6. The Morgan fingerprint density at radius 3 is 2.28 bits per heavy atom. The molecule has 2 atom stereocenters. The molecule has 1 fully saturated rings. The average molecular weight is 507 g/mol. The topological polar surface area (TPSA) is 55.2 Å². The number of ether oxygens (including phenoxy) is 1. The largest absolute Gasteiger partial charge is 0.417 e. The Morgan fingerprint density at radius 2 is 1.72 bits per heavy atom. The van der Waals surface area contributed by atoms with Gasteiger partial charge in [-0.15, -0.1) is 0 Å². The van der Waals surface area contributed by atoms with Crippen molar-refractivity contribution in [2.24, 2.45) is 5.41 Å². The number of alkyl halides is 4. The van der Waals surface area contributed by atoms with Gasteiger partial charge in [0.1, 0.15) is 11.8 Å². The van der Waals surface area contributed by atoms with E-state index in [1.54, 1.807) is 6.92 Å². The zero-order valence-corrected chi connectivity index (χ0v) is 21.5. The van der Waals surface area contributed by atoms with Crippen molar-refractivity contribution >= 4 is 0 Å². The van der Waals surface area contributed by atoms with Crippen LogP contribution in [0.25, 0.3) is 0 Å². The predicted molar refractivity (Wildman–Crippen MR) is 127 cm³/mol. The normalized spacial score (nSPS) is 31.5. The molecule has 0 amide bonds. The van der Waals surface area contributed by atoms with E-state index in [1.165, 1.54) is 6.07 Å². The van der Waals surface area contributed by atoms with Gasteiger partial charge < -0.3 is 9.84 Å². The van der Waals surface area contributed by atoms with Crippen LogP contribution in [-0.2, 0) is 22.9 Å². The van der Waals surface area contributed by atoms with E-state index in [0.717, 1.165) is 40.3 Å². The zero-order chi connectivity index (χ0) is 26.3. The van der Waals surface area contributed by atoms with E-state index in [4.69, 9.17) is 9.72 Å². The standard InChI is InChI=1S/C28H34F4N2O2/c1-15(2)23-21-22(20-18(34-23)12-25(3,4)13-19(20)35)27(10-8-26(5,29)9-11-27)36-24(21)17-7-6-16(14-33-17)28(30,31)32/h6-7,14-15,19,24,35H,8-13H2,1-5H3/t19-,24-,26?,27?/m0/s1. The molecule has 3 aliphatic rings. The lowest BCUT2D eigenvalue weighted by Crippen LogP contribution is -2.39. The van der Waals surface area contributed by atoms with Crippen LogP contribution < -0.4 is 0 Å². The SMILES string of the molecule is CC(C)c1nc2c(c3c1[C@H](c1ccc(C(F)(F)F)cn1)OC31CCC(C)(F)CC1)[C@@H](O)CC(C)(C)C2. The maximum absolute atomic E-state index is 14.9. The number of aliphatic hydroxyl groups is 1. The second kappa shape index (κ2) is 8.22. The van der Waals surface area contributed by atoms with E-state index in [1.807, 2.05) is 13.8 Å². The molecule has 5 rings (SSSR count). The number of nitrogens with zero attached hydrogens (tertiary/aromatic N) is 2. The molecular weight excluding hydrogens is 472 g/mol. The maximum atomic E-state index is 14.9. The number of rotatable bonds is 2. The highest BCUT2D eigenvalue weighted by Gasteiger charge is 2.54. The fourth-order valence-corrected chi connectivity index (χ4v) is 6.35. The predicted octanol–water partition coefficient (Wildman–Crippen LogP) is 7.24. The van der Waals surface area contributed by atoms with Crippen LogP contribution in [0.3, 0.4) is 0 Å². The molecule has 0 aromatic carbocycles. The van der Waals surface area contributed by atoms with Crippen molar-refractivity contribution in [1.82, 2.24) is 9.97 Å². The molecule has 0 unspecified atom stereocenters. The fraction of sp³-hybridized carbons (Fsp3) is 0.643. The van der Waals surface area contributed by atoms with Gasteiger partial charge >= 0.3 is 6.18 Å². The summed E-state index contributed by atoms with van der Waals surface area (Å²) in [6, 6.07) is 2.38. The highest BCUT2D eigenvalue weighted by molar-refractivity contribution is 5.54. The molecule has 3 heterocycles. The van der Waals surface area contributed by atoms with Gasteiger partial charge in [-0.1, -0.05) is 27.7 Å². The Labute approximate surface area is 209 Å². The molecule has 4 nitrogen and oxygen atoms in total. The number of fused-ring (bicyclic) bond motifs is 4. The minimum Gasteiger partial charge on any atom is -0.388 e. The molecule has 2 aliphatic carbocycles. The van der Waals surface area contributed by atoms with Crippen molar-refractivity contribution in [3.8, 4) is 0 Å². The van der Waals surface area contributed by atoms with Crippen LogP contribution in [-0.4, -0.2) is 20.7 Å². The first kappa shape index (κ1) is 25.6. The Bertz CT molecular complexity index is 1160. The van der Waals surface area contributed by atoms with Gasteiger partial charge in [0.2, 0.25) is 0 Å². The third-order valence-corrected chi connectivity index (χ3v) is 8.20. The summed E-state index contributed by atoms with van der Waals surface area (Å²) in [5.74, 6) is 0.0111. The van der Waals surface area contributed by atoms with Gasteiger partial charge in [0.15, 0.2) is 0 Å². The van der Waals surface area contributed by atoms with Crippen LogP contribution in [0.2, 0.25) is 0 Å². The smallest absolute Gasteiger partial charge is 0.388 e. The summed E-state index contributed by atoms with van der Waals surface area (Å²) in [7, 11) is 0. The van der Waals surface area contributed by atoms with Crippen LogP contribution in [0.4, 0.5) is 17.6 Å². The van der Waals surface area contributed by atoms with Crippen molar-refractivity contribution in [3.05, 3.63) is 57.7 Å². The number of halogens is 4. The van der Waals surface area contributed by atoms with Gasteiger partial charge in [-0.3, -0.25) is 9.97 Å². The third-order valence-electron chi connectivity index (χ3n) is 8.20. The molecule has 0 bridgehead atoms. The molecule has 1 saturated carbocycles. The van der Waals surface area contributed by atoms with E-state index in [9.17, 15) is 22.7 Å². The van der Waals surface area contributed by atoms with Gasteiger partial charge in [-0.25, -0.2) is 4.39 Å². The second-order valence-corrected chi connectivity index (χ2v) is 12.2. The third kappa shape index (κ3) is 4.24. The number of aliphatic hydroxyl groups excluding tert-OH is 1. The highest BCUT2D eigenvalue weighted by atomic mass is 19.4. The molecule has 1 aliphatic heterocycles. The molecule has 0 saturated heterocycles. The van der Waals surface area contributed by atoms with Gasteiger partial charge in [0.25, 0.3) is 0 Å². The Balaban J connectivity index is 1.73. The number of hydrogen-bond donors (Lipinski definition) is 1. The Kier molecular flexibility index (Phi) is 5.84. The minimum atomic E-state index is -4.49. The monoisotopic (exact) mass is 506 g/mol. The molecular formula is C28H34F4N2O2. The summed E-state index contributed by atoms with van der Waals surface area (Å²) in [5.41, 5.74) is 1.35. The van der Waals surface area contributed by atoms with E-state index in [0.29, 0.717) is 44.2 Å². The molecule has 36 heavy (non-hydrogen) atoms. The van der Waals surface area contributed by atoms with E-state index >= 15 is 0 Å². The molecule has 196 valence electrons. The molecule has 1 N–H and O–H groups in total. The lowest BCUT2D eigenvalue weighted by atomic mass is 9.67. The summed E-state index contributed by atoms with van der Waals surface area (Å²) >= 11 is 0. The number of pyridine rings is 2. The lowest BCUT2D eigenvalue weighted by molar-refractivity contribution is -0.138. The highest BCUT2D eigenvalue weighted by Crippen LogP contribution is 2.59. The number of aromatic nitrogens is 2. The molecule has 2 aromatic heterocycles. The van der Waals surface area contributed by atoms with Crippen molar-refractivity contribution in [2.75, 3.05) is 0 Å². The van der Waals surface area contributed by atoms with E-state index in [2.05, 4.69) is 18.8 Å². The van der Waals surface area contributed by atoms with Gasteiger partial charge in [0.05, 0.1) is 23.0 Å². The molecule has 8 heteroatoms. The lowest BCUT2D eigenvalue weighted by Gasteiger charge is -2.42. The van der Waals surface area contributed by atoms with Gasteiger partial charge in [-0.2, -0.15) is 13.2 Å². The fourth-order valence-electron chi connectivity index (χ4n) is 6.35. The molecule has 2 aromatic rings. The Hall–Kier alpha value is -2.06. The van der Waals surface area contributed by atoms with Crippen molar-refractivity contribution in [2.45, 2.75) is 109 Å². The zero-order valence-electron chi connectivity index (χ0n) is 21.5. The quantitative estimate of drug-likeness (QED) is 0.436. The van der Waals surface area contributed by atoms with Crippen molar-refractivity contribution < 1.29 is 27.4 Å². The summed E-state index contributed by atoms with van der Waals surface area (Å²) < 4.78 is 61.4. The molecule has 0 radical (unpaired) electrons. The average Bonchev–Trinajstić information content (AvgIpc) is 3.09. The van der Waals surface area contributed by atoms with Crippen LogP contribution in [0.1, 0.15) is 124 Å². The van der Waals surface area contributed by atoms with Crippen molar-refractivity contribution in [3.63, 3.8) is 0 Å². The van der Waals surface area contributed by atoms with E-state index < -0.39 is 35.2 Å². The first-order valence-electron chi connectivity index (χ1n) is 12.8. The molecule has 1 spiro atoms. The summed E-state index contributed by atoms with van der Waals surface area (Å²) in [4.78, 5) is 9.23. The first-order valence-corrected chi connectivity index (χ1v) is 12.8. The maximum Gasteiger partial charge on any atom is 0.417 e. The van der Waals surface area contributed by atoms with Crippen LogP contribution in [0.5, 0.6) is 0 Å². The van der Waals surface area contributed by atoms with Crippen LogP contribution >= 0.6 is 0 Å². The summed E-state index contributed by atoms with van der Waals surface area (Å²) in [6.07, 6.45) is -2.42. The number of hydrogen-bond acceptors (Lipinski definition) is 4. The van der Waals surface area contributed by atoms with E-state index in [-0.39, 0.29) is 11.3 Å². The Morgan fingerprint density at radius 1 is 1.06 bits per heavy atom. The van der Waals surface area contributed by atoms with Gasteiger partial charge in [0, 0.05) is 28.7 Å². The second-order valence-electron chi connectivity index (χ2n) is 12.2. The summed E-state index contributed by atoms with van der Waals surface area (Å²) in [6.45, 7) is 9.88. The van der Waals surface area contributed by atoms with Crippen LogP contribution in [0.15, 0.2) is 18.3 Å².